The zero-order chi connectivity index (χ0) is 11.7. The Balaban J connectivity index is 2.03. The van der Waals surface area contributed by atoms with Crippen LogP contribution in [0.3, 0.4) is 0 Å². The molecule has 2 aromatic carbocycles. The molecule has 0 amide bonds. The highest BCUT2D eigenvalue weighted by molar-refractivity contribution is 5.78. The van der Waals surface area contributed by atoms with Gasteiger partial charge in [-0.05, 0) is 52.1 Å². The highest BCUT2D eigenvalue weighted by Gasteiger charge is 2.17. The lowest BCUT2D eigenvalue weighted by Crippen LogP contribution is -1.88. The number of nitrogens with zero attached hydrogens (tertiary/aromatic N) is 3. The maximum absolute atomic E-state index is 8.26. The first-order valence-corrected chi connectivity index (χ1v) is 5.40. The zero-order valence-electron chi connectivity index (χ0n) is 9.09. The summed E-state index contributed by atoms with van der Waals surface area (Å²) in [5.41, 5.74) is 16.9. The van der Waals surface area contributed by atoms with Crippen molar-refractivity contribution in [2.75, 3.05) is 5.43 Å². The maximum atomic E-state index is 8.26. The maximum Gasteiger partial charge on any atom is 0.128 e. The van der Waals surface area contributed by atoms with Gasteiger partial charge in [0, 0.05) is 0 Å². The first-order valence-electron chi connectivity index (χ1n) is 5.40. The molecule has 1 aliphatic carbocycles. The van der Waals surface area contributed by atoms with Crippen LogP contribution >= 0.6 is 0 Å². The van der Waals surface area contributed by atoms with E-state index in [0.717, 1.165) is 12.1 Å². The van der Waals surface area contributed by atoms with Crippen molar-refractivity contribution in [3.63, 3.8) is 0 Å². The van der Waals surface area contributed by atoms with Crippen LogP contribution < -0.4 is 5.43 Å². The molecule has 0 bridgehead atoms. The van der Waals surface area contributed by atoms with Gasteiger partial charge in [0.1, 0.15) is 5.69 Å². The third-order valence-corrected chi connectivity index (χ3v) is 3.02. The minimum atomic E-state index is 0.828. The van der Waals surface area contributed by atoms with Gasteiger partial charge in [-0.15, -0.1) is 5.53 Å². The monoisotopic (exact) mass is 222 g/mol. The van der Waals surface area contributed by atoms with Crippen LogP contribution in [0.4, 0.5) is 5.69 Å². The molecular weight excluding hydrogens is 212 g/mol. The number of fused-ring (bicyclic) bond motifs is 3. The van der Waals surface area contributed by atoms with Gasteiger partial charge in [-0.1, -0.05) is 24.3 Å². The Morgan fingerprint density at radius 1 is 1.06 bits per heavy atom. The fourth-order valence-corrected chi connectivity index (χ4v) is 2.29. The molecular formula is C13H10N4. The molecule has 0 radical (unpaired) electrons. The lowest BCUT2D eigenvalue weighted by atomic mass is 10.1. The molecule has 0 fully saturated rings. The van der Waals surface area contributed by atoms with E-state index in [-0.39, 0.29) is 0 Å². The lowest BCUT2D eigenvalue weighted by Gasteiger charge is -2.01. The summed E-state index contributed by atoms with van der Waals surface area (Å²) in [5.74, 6) is 0. The van der Waals surface area contributed by atoms with Crippen LogP contribution in [-0.4, -0.2) is 0 Å². The molecule has 0 aromatic heterocycles. The molecule has 3 rings (SSSR count). The second-order valence-electron chi connectivity index (χ2n) is 4.01. The first-order chi connectivity index (χ1) is 8.38. The van der Waals surface area contributed by atoms with E-state index in [1.807, 2.05) is 12.1 Å². The van der Waals surface area contributed by atoms with Crippen LogP contribution in [0.2, 0.25) is 0 Å². The summed E-state index contributed by atoms with van der Waals surface area (Å²) in [7, 11) is 0. The van der Waals surface area contributed by atoms with E-state index < -0.39 is 0 Å². The third-order valence-electron chi connectivity index (χ3n) is 3.02. The van der Waals surface area contributed by atoms with E-state index in [1.165, 1.54) is 22.3 Å². The van der Waals surface area contributed by atoms with Gasteiger partial charge in [0.05, 0.1) is 0 Å². The summed E-state index contributed by atoms with van der Waals surface area (Å²) in [4.78, 5) is 2.68. The molecule has 1 aliphatic rings. The standard InChI is InChI=1S/C13H10N4/c14-16-17-15-11-5-6-13-10(8-11)7-9-3-1-2-4-12(9)13/h1-6,8,15H,7H2. The van der Waals surface area contributed by atoms with Crippen molar-refractivity contribution in [3.05, 3.63) is 64.0 Å². The van der Waals surface area contributed by atoms with Gasteiger partial charge in [0.25, 0.3) is 0 Å². The third kappa shape index (κ3) is 1.61. The highest BCUT2D eigenvalue weighted by atomic mass is 15.4. The van der Waals surface area contributed by atoms with Crippen molar-refractivity contribution in [2.45, 2.75) is 6.42 Å². The van der Waals surface area contributed by atoms with Gasteiger partial charge in [0.2, 0.25) is 0 Å². The van der Waals surface area contributed by atoms with Gasteiger partial charge >= 0.3 is 0 Å². The Hall–Kier alpha value is -2.45. The molecule has 0 spiro atoms. The number of rotatable bonds is 2. The average molecular weight is 222 g/mol. The van der Waals surface area contributed by atoms with Crippen molar-refractivity contribution in [2.24, 2.45) is 5.22 Å². The van der Waals surface area contributed by atoms with Crippen LogP contribution in [0, 0.1) is 0 Å². The highest BCUT2D eigenvalue weighted by Crippen LogP contribution is 2.37. The fraction of sp³-hybridized carbons (Fsp3) is 0.0769. The predicted octanol–water partition coefficient (Wildman–Crippen LogP) is 3.90. The Bertz CT molecular complexity index is 627. The average Bonchev–Trinajstić information content (AvgIpc) is 2.74. The Morgan fingerprint density at radius 2 is 1.88 bits per heavy atom. The topological polar surface area (TPSA) is 60.8 Å². The van der Waals surface area contributed by atoms with Crippen LogP contribution in [0.1, 0.15) is 11.1 Å². The van der Waals surface area contributed by atoms with E-state index in [4.69, 9.17) is 5.53 Å². The van der Waals surface area contributed by atoms with Crippen LogP contribution in [0.25, 0.3) is 21.6 Å². The Kier molecular flexibility index (Phi) is 2.21. The van der Waals surface area contributed by atoms with Gasteiger partial charge in [-0.2, -0.15) is 4.91 Å². The summed E-state index contributed by atoms with van der Waals surface area (Å²) < 4.78 is 0. The SMILES string of the molecule is [N-]=[N+]=NNc1ccc2c(c1)Cc1ccccc1-2. The Morgan fingerprint density at radius 3 is 2.76 bits per heavy atom. The van der Waals surface area contributed by atoms with Crippen molar-refractivity contribution < 1.29 is 0 Å². The minimum Gasteiger partial charge on any atom is -0.227 e. The molecule has 4 nitrogen and oxygen atoms in total. The van der Waals surface area contributed by atoms with Gasteiger partial charge in [0.15, 0.2) is 0 Å². The minimum absolute atomic E-state index is 0.828. The van der Waals surface area contributed by atoms with Crippen LogP contribution in [0.5, 0.6) is 0 Å². The van der Waals surface area contributed by atoms with Crippen molar-refractivity contribution in [1.29, 1.82) is 0 Å². The molecule has 0 aliphatic heterocycles. The van der Waals surface area contributed by atoms with Gasteiger partial charge in [-0.25, -0.2) is 5.43 Å². The number of anilines is 1. The summed E-state index contributed by atoms with van der Waals surface area (Å²) in [6.07, 6.45) is 0.942. The second-order valence-corrected chi connectivity index (χ2v) is 4.01. The molecule has 0 saturated heterocycles. The van der Waals surface area contributed by atoms with E-state index in [2.05, 4.69) is 45.9 Å². The molecule has 2 aromatic rings. The second kappa shape index (κ2) is 3.85. The smallest absolute Gasteiger partial charge is 0.128 e. The summed E-state index contributed by atoms with van der Waals surface area (Å²) in [6, 6.07) is 14.4. The predicted molar refractivity (Wildman–Crippen MR) is 67.5 cm³/mol. The molecule has 0 saturated carbocycles. The van der Waals surface area contributed by atoms with Crippen molar-refractivity contribution in [1.82, 2.24) is 0 Å². The molecule has 17 heavy (non-hydrogen) atoms. The zero-order valence-corrected chi connectivity index (χ0v) is 9.09. The number of nitrogens with one attached hydrogen (secondary N) is 1. The molecule has 0 atom stereocenters. The lowest BCUT2D eigenvalue weighted by molar-refractivity contribution is 1.24. The number of hydrogen-bond acceptors (Lipinski definition) is 1. The first kappa shape index (κ1) is 9.75. The normalized spacial score (nSPS) is 11.3. The molecule has 4 heteroatoms. The van der Waals surface area contributed by atoms with Gasteiger partial charge in [-0.3, -0.25) is 0 Å². The molecule has 82 valence electrons. The van der Waals surface area contributed by atoms with E-state index in [9.17, 15) is 0 Å². The summed E-state index contributed by atoms with van der Waals surface area (Å²) in [6.45, 7) is 0. The van der Waals surface area contributed by atoms with Crippen LogP contribution in [0.15, 0.2) is 47.7 Å². The Labute approximate surface area is 98.5 Å². The number of hydrogen-bond donors (Lipinski definition) is 1. The van der Waals surface area contributed by atoms with Crippen molar-refractivity contribution in [3.8, 4) is 11.1 Å². The quantitative estimate of drug-likeness (QED) is 0.304. The van der Waals surface area contributed by atoms with E-state index >= 15 is 0 Å². The number of benzene rings is 2. The number of azide groups is 1. The van der Waals surface area contributed by atoms with E-state index in [0.29, 0.717) is 0 Å². The van der Waals surface area contributed by atoms with Gasteiger partial charge < -0.3 is 0 Å². The summed E-state index contributed by atoms with van der Waals surface area (Å²) >= 11 is 0. The van der Waals surface area contributed by atoms with E-state index in [1.54, 1.807) is 0 Å². The van der Waals surface area contributed by atoms with Crippen LogP contribution in [-0.2, 0) is 6.42 Å². The largest absolute Gasteiger partial charge is 0.227 e. The molecule has 0 heterocycles. The molecule has 0 unspecified atom stereocenters. The van der Waals surface area contributed by atoms with Crippen molar-refractivity contribution >= 4 is 5.69 Å². The molecule has 1 N–H and O–H groups in total. The summed E-state index contributed by atoms with van der Waals surface area (Å²) in [5, 5.41) is 3.35. The fourth-order valence-electron chi connectivity index (χ4n) is 2.29.